The molecule has 2 amide bonds. The summed E-state index contributed by atoms with van der Waals surface area (Å²) in [6.45, 7) is 1.55. The summed E-state index contributed by atoms with van der Waals surface area (Å²) in [5.41, 5.74) is 5.07. The molecule has 4 N–H and O–H groups in total. The SMILES string of the molecule is CC1(C(O)C(=O)Nc2ccc3c(N)noc3c2)OCCN(c2ccn(-c3cnnc(C#N)c3)n2)C1=O. The number of nitrogen functional groups attached to an aromatic ring is 1. The van der Waals surface area contributed by atoms with Gasteiger partial charge in [0.05, 0.1) is 30.4 Å². The first-order valence-corrected chi connectivity index (χ1v) is 10.7. The smallest absolute Gasteiger partial charge is 0.263 e. The molecule has 1 aliphatic rings. The van der Waals surface area contributed by atoms with Gasteiger partial charge in [-0.1, -0.05) is 5.16 Å². The van der Waals surface area contributed by atoms with E-state index >= 15 is 0 Å². The first kappa shape index (κ1) is 22.9. The Morgan fingerprint density at radius 3 is 3.00 bits per heavy atom. The molecule has 14 heteroatoms. The molecule has 36 heavy (non-hydrogen) atoms. The number of nitrogens with zero attached hydrogens (tertiary/aromatic N) is 7. The second-order valence-electron chi connectivity index (χ2n) is 8.11. The van der Waals surface area contributed by atoms with Crippen molar-refractivity contribution in [1.82, 2.24) is 25.1 Å². The summed E-state index contributed by atoms with van der Waals surface area (Å²) >= 11 is 0. The van der Waals surface area contributed by atoms with Gasteiger partial charge in [-0.25, -0.2) is 4.68 Å². The van der Waals surface area contributed by atoms with Crippen molar-refractivity contribution >= 4 is 40.1 Å². The number of rotatable bonds is 5. The van der Waals surface area contributed by atoms with Crippen LogP contribution in [0.5, 0.6) is 0 Å². The molecule has 3 aromatic heterocycles. The van der Waals surface area contributed by atoms with Crippen LogP contribution < -0.4 is 16.0 Å². The minimum absolute atomic E-state index is 0.0537. The van der Waals surface area contributed by atoms with E-state index in [0.717, 1.165) is 0 Å². The summed E-state index contributed by atoms with van der Waals surface area (Å²) in [6.07, 6.45) is 1.16. The van der Waals surface area contributed by atoms with Crippen molar-refractivity contribution in [2.45, 2.75) is 18.6 Å². The first-order chi connectivity index (χ1) is 17.3. The fourth-order valence-electron chi connectivity index (χ4n) is 3.83. The summed E-state index contributed by atoms with van der Waals surface area (Å²) in [6, 6.07) is 9.66. The zero-order chi connectivity index (χ0) is 25.4. The number of nitriles is 1. The van der Waals surface area contributed by atoms with Crippen molar-refractivity contribution < 1.29 is 24.0 Å². The van der Waals surface area contributed by atoms with Crippen molar-refractivity contribution in [2.75, 3.05) is 29.1 Å². The Labute approximate surface area is 202 Å². The van der Waals surface area contributed by atoms with Crippen molar-refractivity contribution in [1.29, 1.82) is 5.26 Å². The fraction of sp³-hybridized carbons (Fsp3) is 0.227. The van der Waals surface area contributed by atoms with E-state index < -0.39 is 23.5 Å². The molecule has 1 aliphatic heterocycles. The van der Waals surface area contributed by atoms with E-state index in [0.29, 0.717) is 22.3 Å². The van der Waals surface area contributed by atoms with Crippen molar-refractivity contribution in [3.8, 4) is 11.8 Å². The molecule has 1 fully saturated rings. The molecule has 182 valence electrons. The number of carbonyl (C=O) groups is 2. The molecule has 2 unspecified atom stereocenters. The van der Waals surface area contributed by atoms with Gasteiger partial charge >= 0.3 is 0 Å². The molecule has 0 bridgehead atoms. The van der Waals surface area contributed by atoms with Gasteiger partial charge in [-0.2, -0.15) is 10.4 Å². The minimum atomic E-state index is -1.88. The monoisotopic (exact) mass is 489 g/mol. The van der Waals surface area contributed by atoms with E-state index in [1.54, 1.807) is 24.4 Å². The number of carbonyl (C=O) groups excluding carboxylic acids is 2. The van der Waals surface area contributed by atoms with Crippen molar-refractivity contribution in [2.24, 2.45) is 0 Å². The maximum atomic E-state index is 13.4. The zero-order valence-electron chi connectivity index (χ0n) is 18.8. The Balaban J connectivity index is 1.34. The molecule has 1 saturated heterocycles. The highest BCUT2D eigenvalue weighted by Gasteiger charge is 2.51. The van der Waals surface area contributed by atoms with Gasteiger partial charge in [0.2, 0.25) is 0 Å². The Morgan fingerprint density at radius 2 is 2.19 bits per heavy atom. The average molecular weight is 489 g/mol. The molecule has 0 spiro atoms. The van der Waals surface area contributed by atoms with Gasteiger partial charge in [-0.05, 0) is 19.1 Å². The molecule has 0 aliphatic carbocycles. The Kier molecular flexibility index (Phi) is 5.55. The van der Waals surface area contributed by atoms with E-state index in [4.69, 9.17) is 20.3 Å². The summed E-state index contributed by atoms with van der Waals surface area (Å²) in [5.74, 6) is -1.02. The van der Waals surface area contributed by atoms with Gasteiger partial charge in [0, 0.05) is 30.1 Å². The van der Waals surface area contributed by atoms with Crippen LogP contribution in [0.2, 0.25) is 0 Å². The van der Waals surface area contributed by atoms with Gasteiger partial charge in [0.15, 0.2) is 34.6 Å². The normalized spacial score (nSPS) is 18.7. The predicted octanol–water partition coefficient (Wildman–Crippen LogP) is 0.379. The van der Waals surface area contributed by atoms with Gasteiger partial charge < -0.3 is 25.4 Å². The lowest BCUT2D eigenvalue weighted by molar-refractivity contribution is -0.170. The second kappa shape index (κ2) is 8.73. The number of nitrogens with two attached hydrogens (primary N) is 1. The second-order valence-corrected chi connectivity index (χ2v) is 8.11. The quantitative estimate of drug-likeness (QED) is 0.350. The highest BCUT2D eigenvalue weighted by atomic mass is 16.5. The number of fused-ring (bicyclic) bond motifs is 1. The Morgan fingerprint density at radius 1 is 1.36 bits per heavy atom. The van der Waals surface area contributed by atoms with Gasteiger partial charge in [-0.15, -0.1) is 10.2 Å². The average Bonchev–Trinajstić information content (AvgIpc) is 3.52. The third-order valence-corrected chi connectivity index (χ3v) is 5.79. The van der Waals surface area contributed by atoms with E-state index in [1.807, 2.05) is 6.07 Å². The third kappa shape index (κ3) is 3.87. The van der Waals surface area contributed by atoms with Crippen LogP contribution in [-0.2, 0) is 14.3 Å². The summed E-state index contributed by atoms with van der Waals surface area (Å²) in [7, 11) is 0. The number of hydrogen-bond donors (Lipinski definition) is 3. The summed E-state index contributed by atoms with van der Waals surface area (Å²) in [5, 5.41) is 38.5. The van der Waals surface area contributed by atoms with Crippen LogP contribution in [0, 0.1) is 11.3 Å². The van der Waals surface area contributed by atoms with Gasteiger partial charge in [0.1, 0.15) is 6.07 Å². The summed E-state index contributed by atoms with van der Waals surface area (Å²) < 4.78 is 12.1. The number of aliphatic hydroxyl groups is 1. The number of hydrogen-bond acceptors (Lipinski definition) is 11. The maximum Gasteiger partial charge on any atom is 0.263 e. The maximum absolute atomic E-state index is 13.4. The van der Waals surface area contributed by atoms with Crippen LogP contribution in [0.4, 0.5) is 17.3 Å². The van der Waals surface area contributed by atoms with Gasteiger partial charge in [-0.3, -0.25) is 14.5 Å². The molecule has 4 heterocycles. The lowest BCUT2D eigenvalue weighted by Crippen LogP contribution is -2.63. The minimum Gasteiger partial charge on any atom is -0.380 e. The number of aliphatic hydroxyl groups excluding tert-OH is 1. The van der Waals surface area contributed by atoms with E-state index in [9.17, 15) is 14.7 Å². The highest BCUT2D eigenvalue weighted by Crippen LogP contribution is 2.29. The molecule has 14 nitrogen and oxygen atoms in total. The third-order valence-electron chi connectivity index (χ3n) is 5.79. The Hall–Kier alpha value is -4.87. The number of amides is 2. The number of aromatic nitrogens is 5. The van der Waals surface area contributed by atoms with Crippen LogP contribution in [0.1, 0.15) is 12.6 Å². The molecule has 0 radical (unpaired) electrons. The van der Waals surface area contributed by atoms with Crippen LogP contribution in [0.25, 0.3) is 16.7 Å². The molecule has 5 rings (SSSR count). The zero-order valence-corrected chi connectivity index (χ0v) is 18.8. The molecule has 2 atom stereocenters. The standard InChI is InChI=1S/C22H19N9O5/c1-22(18(32)20(33)26-12-2-3-15-16(9-12)36-29-19(15)24)21(34)30(6-7-35-22)17-4-5-31(28-17)14-8-13(10-23)27-25-11-14/h2-5,8-9,11,18,32H,6-7H2,1H3,(H2,24,29)(H,26,33). The highest BCUT2D eigenvalue weighted by molar-refractivity contribution is 6.06. The molecule has 0 saturated carbocycles. The number of nitrogens with one attached hydrogen (secondary N) is 1. The predicted molar refractivity (Wildman–Crippen MR) is 124 cm³/mol. The summed E-state index contributed by atoms with van der Waals surface area (Å²) in [4.78, 5) is 27.6. The van der Waals surface area contributed by atoms with E-state index in [-0.39, 0.29) is 30.5 Å². The van der Waals surface area contributed by atoms with Gasteiger partial charge in [0.25, 0.3) is 11.8 Å². The van der Waals surface area contributed by atoms with Crippen molar-refractivity contribution in [3.63, 3.8) is 0 Å². The van der Waals surface area contributed by atoms with Crippen LogP contribution in [-0.4, -0.2) is 66.9 Å². The number of anilines is 3. The molecule has 1 aromatic carbocycles. The first-order valence-electron chi connectivity index (χ1n) is 10.7. The van der Waals surface area contributed by atoms with E-state index in [2.05, 4.69) is 25.8 Å². The molecular formula is C22H19N9O5. The number of morpholine rings is 1. The van der Waals surface area contributed by atoms with Crippen LogP contribution in [0.15, 0.2) is 47.2 Å². The topological polar surface area (TPSA) is 198 Å². The number of benzene rings is 1. The molecule has 4 aromatic rings. The number of ether oxygens (including phenoxy) is 1. The Bertz CT molecular complexity index is 1520. The lowest BCUT2D eigenvalue weighted by Gasteiger charge is -2.40. The van der Waals surface area contributed by atoms with Crippen LogP contribution in [0.3, 0.4) is 0 Å². The molecular weight excluding hydrogens is 470 g/mol. The van der Waals surface area contributed by atoms with Crippen molar-refractivity contribution in [3.05, 3.63) is 48.4 Å². The fourth-order valence-corrected chi connectivity index (χ4v) is 3.83. The largest absolute Gasteiger partial charge is 0.380 e. The lowest BCUT2D eigenvalue weighted by atomic mass is 9.94. The van der Waals surface area contributed by atoms with Crippen LogP contribution >= 0.6 is 0 Å². The van der Waals surface area contributed by atoms with E-state index in [1.165, 1.54) is 34.8 Å².